The predicted octanol–water partition coefficient (Wildman–Crippen LogP) is 1.50. The van der Waals surface area contributed by atoms with Crippen LogP contribution in [0.15, 0.2) is 6.07 Å². The molecule has 0 radical (unpaired) electrons. The van der Waals surface area contributed by atoms with Crippen molar-refractivity contribution in [2.24, 2.45) is 5.73 Å². The molecule has 1 unspecified atom stereocenters. The van der Waals surface area contributed by atoms with Gasteiger partial charge in [0.15, 0.2) is 0 Å². The molecule has 5 nitrogen and oxygen atoms in total. The van der Waals surface area contributed by atoms with Crippen LogP contribution in [-0.4, -0.2) is 35.2 Å². The van der Waals surface area contributed by atoms with Gasteiger partial charge in [0.2, 0.25) is 11.8 Å². The van der Waals surface area contributed by atoms with Crippen molar-refractivity contribution in [3.63, 3.8) is 0 Å². The first-order valence-corrected chi connectivity index (χ1v) is 6.59. The van der Waals surface area contributed by atoms with Crippen molar-refractivity contribution < 1.29 is 4.74 Å². The quantitative estimate of drug-likeness (QED) is 0.877. The molecular weight excluding hydrogens is 228 g/mol. The van der Waals surface area contributed by atoms with Gasteiger partial charge < -0.3 is 15.4 Å². The lowest BCUT2D eigenvalue weighted by Gasteiger charge is -2.24. The van der Waals surface area contributed by atoms with Crippen LogP contribution in [0.1, 0.15) is 32.4 Å². The number of aryl methyl sites for hydroxylation is 1. The van der Waals surface area contributed by atoms with Crippen molar-refractivity contribution in [2.75, 3.05) is 18.0 Å². The number of ether oxygens (including phenoxy) is 1. The second kappa shape index (κ2) is 5.52. The van der Waals surface area contributed by atoms with Crippen molar-refractivity contribution in [3.05, 3.63) is 11.8 Å². The largest absolute Gasteiger partial charge is 0.475 e. The van der Waals surface area contributed by atoms with E-state index in [4.69, 9.17) is 10.5 Å². The van der Waals surface area contributed by atoms with Crippen LogP contribution in [0.25, 0.3) is 0 Å². The first-order chi connectivity index (χ1) is 8.60. The van der Waals surface area contributed by atoms with E-state index in [9.17, 15) is 0 Å². The van der Waals surface area contributed by atoms with Crippen molar-refractivity contribution in [3.8, 4) is 5.88 Å². The highest BCUT2D eigenvalue weighted by molar-refractivity contribution is 5.37. The molecule has 0 saturated carbocycles. The number of aromatic nitrogens is 2. The molecule has 5 heteroatoms. The second-order valence-electron chi connectivity index (χ2n) is 5.04. The Morgan fingerprint density at radius 2 is 2.28 bits per heavy atom. The third kappa shape index (κ3) is 2.90. The van der Waals surface area contributed by atoms with Crippen LogP contribution in [0.3, 0.4) is 0 Å². The fourth-order valence-electron chi connectivity index (χ4n) is 2.30. The van der Waals surface area contributed by atoms with Crippen LogP contribution in [-0.2, 0) is 0 Å². The molecule has 2 N–H and O–H groups in total. The fourth-order valence-corrected chi connectivity index (χ4v) is 2.30. The van der Waals surface area contributed by atoms with Gasteiger partial charge in [0.1, 0.15) is 0 Å². The summed E-state index contributed by atoms with van der Waals surface area (Å²) in [5.74, 6) is 1.40. The third-order valence-electron chi connectivity index (χ3n) is 3.08. The lowest BCUT2D eigenvalue weighted by Crippen LogP contribution is -2.36. The van der Waals surface area contributed by atoms with Gasteiger partial charge in [-0.2, -0.15) is 4.98 Å². The Labute approximate surface area is 108 Å². The average Bonchev–Trinajstić information content (AvgIpc) is 2.75. The van der Waals surface area contributed by atoms with Crippen LogP contribution in [0, 0.1) is 6.92 Å². The summed E-state index contributed by atoms with van der Waals surface area (Å²) >= 11 is 0. The maximum atomic E-state index is 5.79. The van der Waals surface area contributed by atoms with E-state index in [0.717, 1.165) is 31.0 Å². The molecule has 1 fully saturated rings. The number of nitrogens with two attached hydrogens (primary N) is 1. The van der Waals surface area contributed by atoms with Crippen molar-refractivity contribution >= 4 is 5.95 Å². The molecule has 1 aromatic heterocycles. The fraction of sp³-hybridized carbons (Fsp3) is 0.692. The summed E-state index contributed by atoms with van der Waals surface area (Å²) in [6.07, 6.45) is 2.39. The molecule has 1 aliphatic rings. The van der Waals surface area contributed by atoms with Crippen LogP contribution in [0.4, 0.5) is 5.95 Å². The summed E-state index contributed by atoms with van der Waals surface area (Å²) < 4.78 is 5.66. The van der Waals surface area contributed by atoms with E-state index < -0.39 is 0 Å². The molecular formula is C13H22N4O. The highest BCUT2D eigenvalue weighted by atomic mass is 16.5. The van der Waals surface area contributed by atoms with Gasteiger partial charge in [-0.3, -0.25) is 0 Å². The zero-order valence-corrected chi connectivity index (χ0v) is 11.4. The van der Waals surface area contributed by atoms with E-state index in [0.29, 0.717) is 18.5 Å². The van der Waals surface area contributed by atoms with Gasteiger partial charge in [-0.05, 0) is 33.6 Å². The normalized spacial score (nSPS) is 19.6. The van der Waals surface area contributed by atoms with Gasteiger partial charge in [-0.15, -0.1) is 0 Å². The van der Waals surface area contributed by atoms with E-state index in [1.807, 2.05) is 26.8 Å². The molecule has 0 spiro atoms. The van der Waals surface area contributed by atoms with E-state index in [2.05, 4.69) is 14.9 Å². The second-order valence-corrected chi connectivity index (χ2v) is 5.04. The molecule has 2 rings (SSSR count). The van der Waals surface area contributed by atoms with Gasteiger partial charge in [-0.1, -0.05) is 0 Å². The van der Waals surface area contributed by atoms with E-state index in [-0.39, 0.29) is 6.10 Å². The first kappa shape index (κ1) is 13.1. The van der Waals surface area contributed by atoms with Gasteiger partial charge in [0.25, 0.3) is 0 Å². The van der Waals surface area contributed by atoms with Gasteiger partial charge in [-0.25, -0.2) is 4.98 Å². The molecule has 0 bridgehead atoms. The maximum absolute atomic E-state index is 5.79. The summed E-state index contributed by atoms with van der Waals surface area (Å²) in [5, 5.41) is 0. The number of nitrogens with zero attached hydrogens (tertiary/aromatic N) is 3. The standard InChI is InChI=1S/C13H22N4O/c1-9(2)18-12-7-10(3)15-13(16-12)17-6-4-5-11(17)8-14/h7,9,11H,4-6,8,14H2,1-3H3. The van der Waals surface area contributed by atoms with Crippen LogP contribution in [0.2, 0.25) is 0 Å². The number of hydrogen-bond acceptors (Lipinski definition) is 5. The van der Waals surface area contributed by atoms with E-state index in [1.165, 1.54) is 0 Å². The SMILES string of the molecule is Cc1cc(OC(C)C)nc(N2CCCC2CN)n1. The summed E-state index contributed by atoms with van der Waals surface area (Å²) in [7, 11) is 0. The number of anilines is 1. The van der Waals surface area contributed by atoms with Crippen LogP contribution in [0.5, 0.6) is 5.88 Å². The Morgan fingerprint density at radius 1 is 1.50 bits per heavy atom. The maximum Gasteiger partial charge on any atom is 0.229 e. The number of hydrogen-bond donors (Lipinski definition) is 1. The van der Waals surface area contributed by atoms with Crippen molar-refractivity contribution in [2.45, 2.75) is 45.8 Å². The monoisotopic (exact) mass is 250 g/mol. The Morgan fingerprint density at radius 3 is 2.94 bits per heavy atom. The van der Waals surface area contributed by atoms with Crippen molar-refractivity contribution in [1.29, 1.82) is 0 Å². The Hall–Kier alpha value is -1.36. The van der Waals surface area contributed by atoms with Crippen molar-refractivity contribution in [1.82, 2.24) is 9.97 Å². The molecule has 1 atom stereocenters. The van der Waals surface area contributed by atoms with Crippen LogP contribution < -0.4 is 15.4 Å². The zero-order chi connectivity index (χ0) is 13.1. The minimum atomic E-state index is 0.121. The summed E-state index contributed by atoms with van der Waals surface area (Å²) in [4.78, 5) is 11.2. The van der Waals surface area contributed by atoms with E-state index in [1.54, 1.807) is 0 Å². The predicted molar refractivity (Wildman–Crippen MR) is 72.0 cm³/mol. The summed E-state index contributed by atoms with van der Waals surface area (Å²) in [6, 6.07) is 2.23. The lowest BCUT2D eigenvalue weighted by atomic mass is 10.2. The van der Waals surface area contributed by atoms with Gasteiger partial charge in [0, 0.05) is 30.9 Å². The molecule has 1 aliphatic heterocycles. The molecule has 2 heterocycles. The van der Waals surface area contributed by atoms with Crippen LogP contribution >= 0.6 is 0 Å². The molecule has 0 aromatic carbocycles. The molecule has 0 aliphatic carbocycles. The summed E-state index contributed by atoms with van der Waals surface area (Å²) in [6.45, 7) is 7.58. The minimum absolute atomic E-state index is 0.121. The topological polar surface area (TPSA) is 64.3 Å². The average molecular weight is 250 g/mol. The van der Waals surface area contributed by atoms with Gasteiger partial charge in [0.05, 0.1) is 6.10 Å². The number of rotatable bonds is 4. The molecule has 1 saturated heterocycles. The highest BCUT2D eigenvalue weighted by Crippen LogP contribution is 2.24. The Bertz CT molecular complexity index is 408. The smallest absolute Gasteiger partial charge is 0.229 e. The highest BCUT2D eigenvalue weighted by Gasteiger charge is 2.26. The van der Waals surface area contributed by atoms with E-state index >= 15 is 0 Å². The molecule has 0 amide bonds. The Balaban J connectivity index is 2.24. The summed E-state index contributed by atoms with van der Waals surface area (Å²) in [5.41, 5.74) is 6.72. The zero-order valence-electron chi connectivity index (χ0n) is 11.4. The third-order valence-corrected chi connectivity index (χ3v) is 3.08. The first-order valence-electron chi connectivity index (χ1n) is 6.59. The molecule has 1 aromatic rings. The Kier molecular flexibility index (Phi) is 4.01. The molecule has 100 valence electrons. The van der Waals surface area contributed by atoms with Gasteiger partial charge >= 0.3 is 0 Å². The molecule has 18 heavy (non-hydrogen) atoms. The lowest BCUT2D eigenvalue weighted by molar-refractivity contribution is 0.232. The minimum Gasteiger partial charge on any atom is -0.475 e.